The maximum absolute atomic E-state index is 12.7. The van der Waals surface area contributed by atoms with Crippen LogP contribution in [-0.2, 0) is 16.0 Å². The van der Waals surface area contributed by atoms with Crippen LogP contribution in [-0.4, -0.2) is 54.0 Å². The highest BCUT2D eigenvalue weighted by molar-refractivity contribution is 5.88. The van der Waals surface area contributed by atoms with Gasteiger partial charge >= 0.3 is 0 Å². The summed E-state index contributed by atoms with van der Waals surface area (Å²) >= 11 is 0. The lowest BCUT2D eigenvalue weighted by molar-refractivity contribution is -0.128. The van der Waals surface area contributed by atoms with Gasteiger partial charge in [-0.1, -0.05) is 110 Å². The summed E-state index contributed by atoms with van der Waals surface area (Å²) in [4.78, 5) is 32.2. The Kier molecular flexibility index (Phi) is 27.7. The molecule has 0 aliphatic heterocycles. The van der Waals surface area contributed by atoms with Crippen LogP contribution in [0.1, 0.15) is 135 Å². The second-order valence-corrected chi connectivity index (χ2v) is 11.0. The molecule has 1 atom stereocenters. The number of unbranched alkanes of at least 4 members (excludes halogenated alkanes) is 17. The molecule has 40 heavy (non-hydrogen) atoms. The highest BCUT2D eigenvalue weighted by Gasteiger charge is 2.21. The van der Waals surface area contributed by atoms with Crippen LogP contribution in [0.25, 0.3) is 0 Å². The number of imidazole rings is 1. The van der Waals surface area contributed by atoms with Crippen molar-refractivity contribution in [2.24, 2.45) is 5.73 Å². The molecule has 0 radical (unpaired) electrons. The second-order valence-electron chi connectivity index (χ2n) is 11.0. The van der Waals surface area contributed by atoms with Gasteiger partial charge in [0, 0.05) is 24.9 Å². The summed E-state index contributed by atoms with van der Waals surface area (Å²) in [5.41, 5.74) is 6.34. The van der Waals surface area contributed by atoms with E-state index in [1.807, 2.05) is 0 Å². The fourth-order valence-electron chi connectivity index (χ4n) is 4.85. The smallest absolute Gasteiger partial charge is 0.242 e. The fraction of sp³-hybridized carbons (Fsp3) is 0.839. The minimum atomic E-state index is -0.621. The molecule has 9 heteroatoms. The SMILES string of the molecule is CCCCCCCCCCCCCCCCCCNCC(=O)N[C@@H](Cc1cnc[nH]1)C(=O)NCCCCCN.Cl. The number of nitrogens with one attached hydrogen (secondary N) is 4. The summed E-state index contributed by atoms with van der Waals surface area (Å²) in [6.45, 7) is 4.58. The number of aromatic nitrogens is 2. The highest BCUT2D eigenvalue weighted by Crippen LogP contribution is 2.13. The lowest BCUT2D eigenvalue weighted by Gasteiger charge is -2.18. The van der Waals surface area contributed by atoms with Crippen molar-refractivity contribution in [2.75, 3.05) is 26.2 Å². The molecule has 6 N–H and O–H groups in total. The summed E-state index contributed by atoms with van der Waals surface area (Å²) < 4.78 is 0. The molecule has 0 aliphatic carbocycles. The third kappa shape index (κ3) is 23.1. The first kappa shape index (κ1) is 38.4. The molecule has 8 nitrogen and oxygen atoms in total. The van der Waals surface area contributed by atoms with Crippen LogP contribution in [0.15, 0.2) is 12.5 Å². The van der Waals surface area contributed by atoms with Gasteiger partial charge in [-0.3, -0.25) is 9.59 Å². The van der Waals surface area contributed by atoms with Crippen molar-refractivity contribution in [3.63, 3.8) is 0 Å². The van der Waals surface area contributed by atoms with Crippen LogP contribution in [0.5, 0.6) is 0 Å². The summed E-state index contributed by atoms with van der Waals surface area (Å²) in [5, 5.41) is 9.05. The highest BCUT2D eigenvalue weighted by atomic mass is 35.5. The summed E-state index contributed by atoms with van der Waals surface area (Å²) in [5.74, 6) is -0.321. The first-order valence-corrected chi connectivity index (χ1v) is 16.1. The molecular formula is C31H61ClN6O2. The van der Waals surface area contributed by atoms with E-state index in [9.17, 15) is 9.59 Å². The Morgan fingerprint density at radius 2 is 1.32 bits per heavy atom. The Bertz CT molecular complexity index is 689. The first-order valence-electron chi connectivity index (χ1n) is 16.1. The van der Waals surface area contributed by atoms with E-state index >= 15 is 0 Å². The number of hydrogen-bond acceptors (Lipinski definition) is 5. The predicted molar refractivity (Wildman–Crippen MR) is 170 cm³/mol. The number of carbonyl (C=O) groups excluding carboxylic acids is 2. The molecule has 0 unspecified atom stereocenters. The van der Waals surface area contributed by atoms with Gasteiger partial charge in [-0.05, 0) is 32.4 Å². The van der Waals surface area contributed by atoms with E-state index in [1.165, 1.54) is 96.3 Å². The average molecular weight is 585 g/mol. The third-order valence-electron chi connectivity index (χ3n) is 7.30. The summed E-state index contributed by atoms with van der Waals surface area (Å²) in [6.07, 6.45) is 28.1. The molecule has 0 spiro atoms. The molecule has 234 valence electrons. The van der Waals surface area contributed by atoms with Crippen LogP contribution in [0.3, 0.4) is 0 Å². The van der Waals surface area contributed by atoms with Crippen LogP contribution in [0.2, 0.25) is 0 Å². The lowest BCUT2D eigenvalue weighted by Crippen LogP contribution is -2.50. The summed E-state index contributed by atoms with van der Waals surface area (Å²) in [7, 11) is 0. The van der Waals surface area contributed by atoms with Gasteiger partial charge < -0.3 is 26.7 Å². The van der Waals surface area contributed by atoms with E-state index in [1.54, 1.807) is 12.5 Å². The molecule has 0 saturated heterocycles. The van der Waals surface area contributed by atoms with Crippen molar-refractivity contribution in [1.29, 1.82) is 0 Å². The van der Waals surface area contributed by atoms with Gasteiger partial charge in [-0.25, -0.2) is 4.98 Å². The van der Waals surface area contributed by atoms with Gasteiger partial charge in [0.25, 0.3) is 0 Å². The van der Waals surface area contributed by atoms with Gasteiger partial charge in [-0.15, -0.1) is 12.4 Å². The van der Waals surface area contributed by atoms with Crippen LogP contribution < -0.4 is 21.7 Å². The van der Waals surface area contributed by atoms with Crippen LogP contribution >= 0.6 is 12.4 Å². The lowest BCUT2D eigenvalue weighted by atomic mass is 10.0. The van der Waals surface area contributed by atoms with Gasteiger partial charge in [-0.2, -0.15) is 0 Å². The molecule has 1 aromatic heterocycles. The zero-order valence-electron chi connectivity index (χ0n) is 25.5. The minimum absolute atomic E-state index is 0. The zero-order chi connectivity index (χ0) is 28.2. The molecule has 0 fully saturated rings. The molecule has 1 rings (SSSR count). The number of aromatic amines is 1. The van der Waals surface area contributed by atoms with Crippen molar-refractivity contribution in [3.8, 4) is 0 Å². The topological polar surface area (TPSA) is 125 Å². The third-order valence-corrected chi connectivity index (χ3v) is 7.30. The fourth-order valence-corrected chi connectivity index (χ4v) is 4.85. The van der Waals surface area contributed by atoms with Crippen LogP contribution in [0, 0.1) is 0 Å². The number of nitrogens with two attached hydrogens (primary N) is 1. The van der Waals surface area contributed by atoms with E-state index in [4.69, 9.17) is 5.73 Å². The van der Waals surface area contributed by atoms with Gasteiger partial charge in [0.05, 0.1) is 12.9 Å². The van der Waals surface area contributed by atoms with Gasteiger partial charge in [0.1, 0.15) is 6.04 Å². The van der Waals surface area contributed by atoms with E-state index in [-0.39, 0.29) is 30.8 Å². The van der Waals surface area contributed by atoms with Gasteiger partial charge in [0.15, 0.2) is 0 Å². The number of H-pyrrole nitrogens is 1. The number of carbonyl (C=O) groups is 2. The molecule has 0 saturated carbocycles. The largest absolute Gasteiger partial charge is 0.354 e. The Balaban J connectivity index is 0.0000152. The molecular weight excluding hydrogens is 524 g/mol. The monoisotopic (exact) mass is 584 g/mol. The second kappa shape index (κ2) is 28.9. The maximum Gasteiger partial charge on any atom is 0.242 e. The Labute approximate surface area is 251 Å². The van der Waals surface area contributed by atoms with Crippen molar-refractivity contribution in [2.45, 2.75) is 141 Å². The van der Waals surface area contributed by atoms with E-state index in [0.29, 0.717) is 19.5 Å². The molecule has 1 aromatic rings. The Hall–Kier alpha value is -1.64. The quantitative estimate of drug-likeness (QED) is 0.0778. The minimum Gasteiger partial charge on any atom is -0.354 e. The average Bonchev–Trinajstić information content (AvgIpc) is 3.45. The molecule has 0 aliphatic rings. The number of rotatable bonds is 28. The molecule has 1 heterocycles. The summed E-state index contributed by atoms with van der Waals surface area (Å²) in [6, 6.07) is -0.621. The number of amides is 2. The predicted octanol–water partition coefficient (Wildman–Crippen LogP) is 5.96. The maximum atomic E-state index is 12.7. The van der Waals surface area contributed by atoms with E-state index in [2.05, 4.69) is 32.8 Å². The normalized spacial score (nSPS) is 11.7. The van der Waals surface area contributed by atoms with Crippen molar-refractivity contribution in [3.05, 3.63) is 18.2 Å². The number of hydrogen-bond donors (Lipinski definition) is 5. The Morgan fingerprint density at radius 3 is 1.85 bits per heavy atom. The van der Waals surface area contributed by atoms with Gasteiger partial charge in [0.2, 0.25) is 11.8 Å². The van der Waals surface area contributed by atoms with Crippen molar-refractivity contribution < 1.29 is 9.59 Å². The number of nitrogens with zero attached hydrogens (tertiary/aromatic N) is 1. The van der Waals surface area contributed by atoms with Crippen LogP contribution in [0.4, 0.5) is 0 Å². The van der Waals surface area contributed by atoms with E-state index < -0.39 is 6.04 Å². The molecule has 2 amide bonds. The van der Waals surface area contributed by atoms with Crippen molar-refractivity contribution >= 4 is 24.2 Å². The number of halogens is 1. The van der Waals surface area contributed by atoms with Crippen molar-refractivity contribution in [1.82, 2.24) is 25.9 Å². The molecule has 0 aromatic carbocycles. The zero-order valence-corrected chi connectivity index (χ0v) is 26.3. The molecule has 0 bridgehead atoms. The first-order chi connectivity index (χ1) is 19.2. The Morgan fingerprint density at radius 1 is 0.800 bits per heavy atom. The van der Waals surface area contributed by atoms with E-state index in [0.717, 1.165) is 37.9 Å². The standard InChI is InChI=1S/C31H60N6O2.ClH/c1-2-3-4-5-6-7-8-9-10-11-12-13-14-15-16-19-22-33-26-30(38)37-29(24-28-25-34-27-36-28)31(39)35-23-20-17-18-21-32;/h25,27,29,33H,2-24,26,32H2,1H3,(H,34,36)(H,35,39)(H,37,38);1H/t29-;/m0./s1.